The number of hydrogen-bond donors (Lipinski definition) is 0. The Labute approximate surface area is 162 Å². The van der Waals surface area contributed by atoms with Gasteiger partial charge in [0.15, 0.2) is 11.5 Å². The van der Waals surface area contributed by atoms with Gasteiger partial charge in [0.1, 0.15) is 6.10 Å². The Morgan fingerprint density at radius 2 is 1.93 bits per heavy atom. The van der Waals surface area contributed by atoms with Crippen LogP contribution in [0.1, 0.15) is 49.7 Å². The third-order valence-corrected chi connectivity index (χ3v) is 8.61. The monoisotopic (exact) mass is 368 g/mol. The highest BCUT2D eigenvalue weighted by atomic mass is 16.5. The summed E-state index contributed by atoms with van der Waals surface area (Å²) in [6.45, 7) is 3.80. The van der Waals surface area contributed by atoms with Crippen LogP contribution in [0.3, 0.4) is 0 Å². The largest absolute Gasteiger partial charge is 0.493 e. The molecule has 2 aliphatic carbocycles. The number of hydrogen-bond acceptors (Lipinski definition) is 4. The fraction of sp³-hybridized carbons (Fsp3) is 0.739. The average molecular weight is 369 g/mol. The first kappa shape index (κ1) is 16.7. The van der Waals surface area contributed by atoms with Gasteiger partial charge in [-0.2, -0.15) is 0 Å². The third-order valence-electron chi connectivity index (χ3n) is 8.61. The molecular formula is C23H32N2O2. The summed E-state index contributed by atoms with van der Waals surface area (Å²) in [6.07, 6.45) is 9.45. The van der Waals surface area contributed by atoms with Gasteiger partial charge in [0.2, 0.25) is 0 Å². The number of piperidine rings is 2. The van der Waals surface area contributed by atoms with Crippen molar-refractivity contribution in [3.05, 3.63) is 23.3 Å². The Bertz CT molecular complexity index is 759. The van der Waals surface area contributed by atoms with Gasteiger partial charge in [-0.25, -0.2) is 0 Å². The summed E-state index contributed by atoms with van der Waals surface area (Å²) in [6, 6.07) is 5.85. The molecule has 1 aromatic rings. The van der Waals surface area contributed by atoms with Crippen molar-refractivity contribution in [1.82, 2.24) is 9.80 Å². The Kier molecular flexibility index (Phi) is 3.62. The van der Waals surface area contributed by atoms with Crippen LogP contribution < -0.4 is 9.47 Å². The molecule has 5 atom stereocenters. The molecule has 5 aliphatic rings. The van der Waals surface area contributed by atoms with Crippen LogP contribution in [-0.2, 0) is 11.8 Å². The summed E-state index contributed by atoms with van der Waals surface area (Å²) in [5.74, 6) is 2.74. The molecule has 2 bridgehead atoms. The maximum Gasteiger partial charge on any atom is 0.165 e. The third kappa shape index (κ3) is 2.06. The van der Waals surface area contributed by atoms with Crippen LogP contribution in [0.5, 0.6) is 11.5 Å². The lowest BCUT2D eigenvalue weighted by atomic mass is 9.50. The molecule has 1 saturated carbocycles. The lowest BCUT2D eigenvalue weighted by molar-refractivity contribution is -0.0907. The van der Waals surface area contributed by atoms with Gasteiger partial charge in [-0.1, -0.05) is 12.5 Å². The molecule has 146 valence electrons. The van der Waals surface area contributed by atoms with Crippen LogP contribution in [0, 0.1) is 5.92 Å². The van der Waals surface area contributed by atoms with E-state index in [1.54, 1.807) is 12.7 Å². The number of likely N-dealkylation sites (tertiary alicyclic amines) is 2. The summed E-state index contributed by atoms with van der Waals surface area (Å²) in [5.41, 5.74) is 3.29. The van der Waals surface area contributed by atoms with Gasteiger partial charge in [0.05, 0.1) is 7.11 Å². The zero-order chi connectivity index (χ0) is 18.2. The molecule has 1 spiro atoms. The van der Waals surface area contributed by atoms with E-state index in [0.29, 0.717) is 18.1 Å². The van der Waals surface area contributed by atoms with Crippen LogP contribution in [-0.4, -0.2) is 61.8 Å². The summed E-state index contributed by atoms with van der Waals surface area (Å²) >= 11 is 0. The van der Waals surface area contributed by atoms with Crippen molar-refractivity contribution in [1.29, 1.82) is 0 Å². The molecule has 2 saturated heterocycles. The smallest absolute Gasteiger partial charge is 0.165 e. The lowest BCUT2D eigenvalue weighted by Gasteiger charge is -2.61. The van der Waals surface area contributed by atoms with E-state index in [-0.39, 0.29) is 5.41 Å². The summed E-state index contributed by atoms with van der Waals surface area (Å²) in [7, 11) is 4.15. The zero-order valence-electron chi connectivity index (χ0n) is 16.7. The van der Waals surface area contributed by atoms with Gasteiger partial charge in [0, 0.05) is 29.0 Å². The van der Waals surface area contributed by atoms with Crippen LogP contribution in [0.15, 0.2) is 12.1 Å². The van der Waals surface area contributed by atoms with Crippen molar-refractivity contribution in [3.8, 4) is 11.5 Å². The van der Waals surface area contributed by atoms with Crippen molar-refractivity contribution in [2.24, 2.45) is 5.92 Å². The molecule has 4 nitrogen and oxygen atoms in total. The van der Waals surface area contributed by atoms with E-state index in [4.69, 9.17) is 9.47 Å². The van der Waals surface area contributed by atoms with E-state index < -0.39 is 0 Å². The molecule has 0 amide bonds. The van der Waals surface area contributed by atoms with Gasteiger partial charge in [0.25, 0.3) is 0 Å². The van der Waals surface area contributed by atoms with E-state index in [2.05, 4.69) is 29.0 Å². The first-order valence-electron chi connectivity index (χ1n) is 11.1. The minimum Gasteiger partial charge on any atom is -0.493 e. The second-order valence-electron chi connectivity index (χ2n) is 9.55. The van der Waals surface area contributed by atoms with Gasteiger partial charge in [-0.3, -0.25) is 0 Å². The number of benzene rings is 1. The Morgan fingerprint density at radius 1 is 1.07 bits per heavy atom. The van der Waals surface area contributed by atoms with E-state index in [1.165, 1.54) is 70.1 Å². The lowest BCUT2D eigenvalue weighted by Crippen LogP contribution is -2.69. The molecule has 0 aromatic heterocycles. The normalized spacial score (nSPS) is 40.4. The number of likely N-dealkylation sites (N-methyl/N-ethyl adjacent to an activating group) is 1. The van der Waals surface area contributed by atoms with Gasteiger partial charge >= 0.3 is 0 Å². The molecule has 1 aromatic carbocycles. The first-order chi connectivity index (χ1) is 13.2. The van der Waals surface area contributed by atoms with Crippen LogP contribution in [0.25, 0.3) is 0 Å². The number of nitrogens with zero attached hydrogens (tertiary/aromatic N) is 2. The quantitative estimate of drug-likeness (QED) is 0.800. The minimum absolute atomic E-state index is 0.217. The molecule has 3 fully saturated rings. The highest BCUT2D eigenvalue weighted by Crippen LogP contribution is 2.64. The maximum atomic E-state index is 6.71. The Hall–Kier alpha value is -1.26. The van der Waals surface area contributed by atoms with E-state index in [9.17, 15) is 0 Å². The zero-order valence-corrected chi connectivity index (χ0v) is 16.7. The van der Waals surface area contributed by atoms with Gasteiger partial charge in [-0.15, -0.1) is 0 Å². The summed E-state index contributed by atoms with van der Waals surface area (Å²) in [4.78, 5) is 5.53. The van der Waals surface area contributed by atoms with Crippen molar-refractivity contribution in [2.75, 3.05) is 33.8 Å². The highest BCUT2D eigenvalue weighted by molar-refractivity contribution is 5.61. The Balaban J connectivity index is 1.52. The summed E-state index contributed by atoms with van der Waals surface area (Å²) < 4.78 is 12.4. The second-order valence-corrected chi connectivity index (χ2v) is 9.55. The van der Waals surface area contributed by atoms with Gasteiger partial charge < -0.3 is 19.3 Å². The van der Waals surface area contributed by atoms with Crippen molar-refractivity contribution < 1.29 is 9.47 Å². The Morgan fingerprint density at radius 3 is 2.74 bits per heavy atom. The molecule has 3 heterocycles. The maximum absolute atomic E-state index is 6.71. The topological polar surface area (TPSA) is 24.9 Å². The first-order valence-corrected chi connectivity index (χ1v) is 11.1. The number of rotatable bonds is 2. The predicted molar refractivity (Wildman–Crippen MR) is 106 cm³/mol. The standard InChI is InChI=1S/C23H32N2O2/c1-24-13-10-23-19-9-7-16(25-11-4-3-5-12-25)21(23)17(24)14-15-6-8-18(26-2)22(27-19)20(15)23/h6,8,16-17,19,21H,3-5,7,9-14H2,1-2H3. The van der Waals surface area contributed by atoms with Crippen LogP contribution >= 0.6 is 0 Å². The fourth-order valence-electron chi connectivity index (χ4n) is 7.54. The second kappa shape index (κ2) is 5.87. The van der Waals surface area contributed by atoms with Crippen LogP contribution in [0.4, 0.5) is 0 Å². The molecule has 0 N–H and O–H groups in total. The van der Waals surface area contributed by atoms with Crippen molar-refractivity contribution >= 4 is 0 Å². The number of methoxy groups -OCH3 is 1. The highest BCUT2D eigenvalue weighted by Gasteiger charge is 2.66. The van der Waals surface area contributed by atoms with Crippen LogP contribution in [0.2, 0.25) is 0 Å². The molecule has 5 unspecified atom stereocenters. The predicted octanol–water partition coefficient (Wildman–Crippen LogP) is 3.22. The van der Waals surface area contributed by atoms with E-state index in [0.717, 1.165) is 17.5 Å². The average Bonchev–Trinajstić information content (AvgIpc) is 3.05. The molecule has 6 rings (SSSR count). The molecule has 4 heteroatoms. The fourth-order valence-corrected chi connectivity index (χ4v) is 7.54. The van der Waals surface area contributed by atoms with E-state index >= 15 is 0 Å². The molecule has 0 radical (unpaired) electrons. The molecule has 3 aliphatic heterocycles. The van der Waals surface area contributed by atoms with E-state index in [1.807, 2.05) is 0 Å². The SMILES string of the molecule is COc1ccc2c3c1OC1CCC(N4CCCCC4)C4C(C2)N(C)CCC314. The van der Waals surface area contributed by atoms with Crippen molar-refractivity contribution in [3.63, 3.8) is 0 Å². The summed E-state index contributed by atoms with van der Waals surface area (Å²) in [5, 5.41) is 0. The number of ether oxygens (including phenoxy) is 2. The molecule has 27 heavy (non-hydrogen) atoms. The van der Waals surface area contributed by atoms with Gasteiger partial charge in [-0.05, 0) is 76.8 Å². The molecular weight excluding hydrogens is 336 g/mol. The van der Waals surface area contributed by atoms with Crippen molar-refractivity contribution in [2.45, 2.75) is 68.5 Å². The minimum atomic E-state index is 0.217.